The summed E-state index contributed by atoms with van der Waals surface area (Å²) in [4.78, 5) is 25.0. The van der Waals surface area contributed by atoms with E-state index >= 15 is 0 Å². The molecule has 1 N–H and O–H groups in total. The third-order valence-corrected chi connectivity index (χ3v) is 4.70. The van der Waals surface area contributed by atoms with Crippen LogP contribution in [-0.2, 0) is 9.59 Å². The van der Waals surface area contributed by atoms with Crippen LogP contribution in [-0.4, -0.2) is 46.5 Å². The van der Waals surface area contributed by atoms with E-state index in [2.05, 4.69) is 0 Å². The number of carboxylic acid groups (broad SMARTS) is 1. The van der Waals surface area contributed by atoms with Gasteiger partial charge in [0.1, 0.15) is 0 Å². The van der Waals surface area contributed by atoms with E-state index in [1.54, 1.807) is 4.90 Å². The maximum atomic E-state index is 12.2. The molecule has 2 aliphatic rings. The summed E-state index contributed by atoms with van der Waals surface area (Å²) in [5.41, 5.74) is 0. The summed E-state index contributed by atoms with van der Waals surface area (Å²) in [6.45, 7) is 1.16. The van der Waals surface area contributed by atoms with Crippen molar-refractivity contribution < 1.29 is 14.7 Å². The first kappa shape index (κ1) is 12.7. The standard InChI is InChI=1S/C12H19NO3S/c14-11(9-3-6-17-7-4-9)13-5-1-2-10(8-13)12(15)16/h9-10H,1-8H2,(H,15,16). The largest absolute Gasteiger partial charge is 0.481 e. The third-order valence-electron chi connectivity index (χ3n) is 3.65. The average Bonchev–Trinajstić information content (AvgIpc) is 2.39. The Morgan fingerprint density at radius 2 is 1.82 bits per heavy atom. The lowest BCUT2D eigenvalue weighted by Gasteiger charge is -2.34. The van der Waals surface area contributed by atoms with Gasteiger partial charge in [-0.15, -0.1) is 0 Å². The van der Waals surface area contributed by atoms with E-state index in [4.69, 9.17) is 5.11 Å². The number of aliphatic carboxylic acids is 1. The molecule has 0 aromatic rings. The number of hydrogen-bond acceptors (Lipinski definition) is 3. The number of nitrogens with zero attached hydrogens (tertiary/aromatic N) is 1. The van der Waals surface area contributed by atoms with Gasteiger partial charge >= 0.3 is 5.97 Å². The quantitative estimate of drug-likeness (QED) is 0.813. The molecule has 0 bridgehead atoms. The lowest BCUT2D eigenvalue weighted by molar-refractivity contribution is -0.146. The maximum absolute atomic E-state index is 12.2. The molecule has 0 aromatic carbocycles. The van der Waals surface area contributed by atoms with Crippen LogP contribution >= 0.6 is 11.8 Å². The summed E-state index contributed by atoms with van der Waals surface area (Å²) in [6.07, 6.45) is 3.44. The van der Waals surface area contributed by atoms with E-state index in [0.717, 1.165) is 37.3 Å². The van der Waals surface area contributed by atoms with E-state index in [1.165, 1.54) is 0 Å². The summed E-state index contributed by atoms with van der Waals surface area (Å²) >= 11 is 1.90. The molecule has 4 nitrogen and oxygen atoms in total. The monoisotopic (exact) mass is 257 g/mol. The first-order chi connectivity index (χ1) is 8.18. The van der Waals surface area contributed by atoms with Crippen LogP contribution in [0.25, 0.3) is 0 Å². The first-order valence-electron chi connectivity index (χ1n) is 6.28. The molecular formula is C12H19NO3S. The molecule has 0 saturated carbocycles. The van der Waals surface area contributed by atoms with Crippen molar-refractivity contribution >= 4 is 23.6 Å². The van der Waals surface area contributed by atoms with Crippen molar-refractivity contribution in [2.75, 3.05) is 24.6 Å². The highest BCUT2D eigenvalue weighted by atomic mass is 32.2. The summed E-state index contributed by atoms with van der Waals surface area (Å²) < 4.78 is 0. The smallest absolute Gasteiger partial charge is 0.308 e. The summed E-state index contributed by atoms with van der Waals surface area (Å²) in [5, 5.41) is 9.01. The molecule has 2 saturated heterocycles. The number of rotatable bonds is 2. The third kappa shape index (κ3) is 3.15. The number of carboxylic acids is 1. The fraction of sp³-hybridized carbons (Fsp3) is 0.833. The van der Waals surface area contributed by atoms with Gasteiger partial charge in [-0.1, -0.05) is 0 Å². The van der Waals surface area contributed by atoms with Crippen molar-refractivity contribution in [3.63, 3.8) is 0 Å². The van der Waals surface area contributed by atoms with E-state index in [9.17, 15) is 9.59 Å². The summed E-state index contributed by atoms with van der Waals surface area (Å²) in [7, 11) is 0. The molecule has 0 spiro atoms. The van der Waals surface area contributed by atoms with Crippen LogP contribution in [0.15, 0.2) is 0 Å². The average molecular weight is 257 g/mol. The summed E-state index contributed by atoms with van der Waals surface area (Å²) in [6, 6.07) is 0. The Hall–Kier alpha value is -0.710. The molecular weight excluding hydrogens is 238 g/mol. The zero-order valence-electron chi connectivity index (χ0n) is 9.93. The van der Waals surface area contributed by atoms with Gasteiger partial charge in [-0.25, -0.2) is 0 Å². The van der Waals surface area contributed by atoms with E-state index in [1.807, 2.05) is 11.8 Å². The lowest BCUT2D eigenvalue weighted by Crippen LogP contribution is -2.45. The molecule has 1 atom stereocenters. The van der Waals surface area contributed by atoms with Crippen LogP contribution < -0.4 is 0 Å². The highest BCUT2D eigenvalue weighted by molar-refractivity contribution is 7.99. The Morgan fingerprint density at radius 3 is 2.47 bits per heavy atom. The predicted octanol–water partition coefficient (Wildman–Crippen LogP) is 1.45. The van der Waals surface area contributed by atoms with Gasteiger partial charge in [0.15, 0.2) is 0 Å². The zero-order valence-corrected chi connectivity index (χ0v) is 10.7. The Balaban J connectivity index is 1.91. The Bertz CT molecular complexity index is 302. The number of likely N-dealkylation sites (tertiary alicyclic amines) is 1. The van der Waals surface area contributed by atoms with Crippen molar-refractivity contribution in [3.05, 3.63) is 0 Å². The van der Waals surface area contributed by atoms with Gasteiger partial charge < -0.3 is 10.0 Å². The van der Waals surface area contributed by atoms with Crippen molar-refractivity contribution in [2.24, 2.45) is 11.8 Å². The minimum atomic E-state index is -0.762. The number of amides is 1. The molecule has 96 valence electrons. The van der Waals surface area contributed by atoms with Gasteiger partial charge in [-0.2, -0.15) is 11.8 Å². The van der Waals surface area contributed by atoms with Crippen LogP contribution in [0.5, 0.6) is 0 Å². The minimum Gasteiger partial charge on any atom is -0.481 e. The number of carbonyl (C=O) groups is 2. The van der Waals surface area contributed by atoms with Crippen LogP contribution in [0.4, 0.5) is 0 Å². The second-order valence-electron chi connectivity index (χ2n) is 4.85. The molecule has 0 radical (unpaired) electrons. The Labute approximate surface area is 106 Å². The van der Waals surface area contributed by atoms with Gasteiger partial charge in [-0.05, 0) is 37.2 Å². The van der Waals surface area contributed by atoms with Crippen LogP contribution in [0, 0.1) is 11.8 Å². The molecule has 2 heterocycles. The van der Waals surface area contributed by atoms with Crippen molar-refractivity contribution in [1.29, 1.82) is 0 Å². The predicted molar refractivity (Wildman–Crippen MR) is 67.0 cm³/mol. The maximum Gasteiger partial charge on any atom is 0.308 e. The Morgan fingerprint density at radius 1 is 1.12 bits per heavy atom. The highest BCUT2D eigenvalue weighted by Gasteiger charge is 2.32. The molecule has 17 heavy (non-hydrogen) atoms. The molecule has 2 rings (SSSR count). The first-order valence-corrected chi connectivity index (χ1v) is 7.43. The van der Waals surface area contributed by atoms with Crippen LogP contribution in [0.1, 0.15) is 25.7 Å². The molecule has 0 aromatic heterocycles. The van der Waals surface area contributed by atoms with E-state index < -0.39 is 5.97 Å². The number of piperidine rings is 1. The minimum absolute atomic E-state index is 0.142. The normalized spacial score (nSPS) is 26.8. The van der Waals surface area contributed by atoms with E-state index in [0.29, 0.717) is 13.0 Å². The van der Waals surface area contributed by atoms with E-state index in [-0.39, 0.29) is 17.7 Å². The van der Waals surface area contributed by atoms with Gasteiger partial charge in [-0.3, -0.25) is 9.59 Å². The van der Waals surface area contributed by atoms with Gasteiger partial charge in [0.05, 0.1) is 5.92 Å². The molecule has 1 unspecified atom stereocenters. The molecule has 2 fully saturated rings. The Kier molecular flexibility index (Phi) is 4.31. The number of carbonyl (C=O) groups excluding carboxylic acids is 1. The molecule has 5 heteroatoms. The topological polar surface area (TPSA) is 57.6 Å². The second kappa shape index (κ2) is 5.76. The van der Waals surface area contributed by atoms with Gasteiger partial charge in [0.2, 0.25) is 5.91 Å². The van der Waals surface area contributed by atoms with Gasteiger partial charge in [0, 0.05) is 19.0 Å². The highest BCUT2D eigenvalue weighted by Crippen LogP contribution is 2.26. The molecule has 0 aliphatic carbocycles. The number of thioether (sulfide) groups is 1. The second-order valence-corrected chi connectivity index (χ2v) is 6.07. The van der Waals surface area contributed by atoms with Crippen molar-refractivity contribution in [1.82, 2.24) is 4.90 Å². The lowest BCUT2D eigenvalue weighted by atomic mass is 9.95. The van der Waals surface area contributed by atoms with Crippen LogP contribution in [0.2, 0.25) is 0 Å². The molecule has 2 aliphatic heterocycles. The number of hydrogen-bond donors (Lipinski definition) is 1. The fourth-order valence-electron chi connectivity index (χ4n) is 2.58. The fourth-order valence-corrected chi connectivity index (χ4v) is 3.69. The summed E-state index contributed by atoms with van der Waals surface area (Å²) in [5.74, 6) is 1.34. The van der Waals surface area contributed by atoms with Crippen molar-refractivity contribution in [3.8, 4) is 0 Å². The van der Waals surface area contributed by atoms with Crippen molar-refractivity contribution in [2.45, 2.75) is 25.7 Å². The zero-order chi connectivity index (χ0) is 12.3. The van der Waals surface area contributed by atoms with Gasteiger partial charge in [0.25, 0.3) is 0 Å². The molecule has 1 amide bonds. The SMILES string of the molecule is O=C(O)C1CCCN(C(=O)C2CCSCC2)C1. The van der Waals surface area contributed by atoms with Crippen LogP contribution in [0.3, 0.4) is 0 Å².